The standard InChI is InChI=1S/C20H30O3/c1-2-3-4-5-10-13-16-19(21)17-14-11-8-6-7-9-12-15-18-20(22)23/h3-4,7-11,13-14,17,19,21H,2,5-6,12,15-16,18H2,1H3,(H,22,23)/b4-3+,9-7-,11-8-,13-10-,17-14+/t19-/m0/s1. The zero-order valence-electron chi connectivity index (χ0n) is 14.1. The second kappa shape index (κ2) is 16.5. The molecule has 0 saturated heterocycles. The van der Waals surface area contributed by atoms with E-state index in [0.29, 0.717) is 12.8 Å². The number of rotatable bonds is 13. The highest BCUT2D eigenvalue weighted by molar-refractivity contribution is 5.66. The maximum atomic E-state index is 10.3. The van der Waals surface area contributed by atoms with E-state index in [1.165, 1.54) is 0 Å². The third-order valence-corrected chi connectivity index (χ3v) is 3.00. The van der Waals surface area contributed by atoms with Crippen molar-refractivity contribution in [3.63, 3.8) is 0 Å². The van der Waals surface area contributed by atoms with Crippen molar-refractivity contribution >= 4 is 5.97 Å². The van der Waals surface area contributed by atoms with Crippen molar-refractivity contribution in [2.45, 2.75) is 58.0 Å². The van der Waals surface area contributed by atoms with Crippen LogP contribution in [0.2, 0.25) is 0 Å². The van der Waals surface area contributed by atoms with Crippen LogP contribution in [0.5, 0.6) is 0 Å². The van der Waals surface area contributed by atoms with Gasteiger partial charge in [0.25, 0.3) is 0 Å². The first-order valence-corrected chi connectivity index (χ1v) is 8.35. The Labute approximate surface area is 140 Å². The number of aliphatic carboxylic acids is 1. The average molecular weight is 318 g/mol. The molecule has 0 heterocycles. The quantitative estimate of drug-likeness (QED) is 0.286. The fourth-order valence-corrected chi connectivity index (χ4v) is 1.77. The Morgan fingerprint density at radius 2 is 1.65 bits per heavy atom. The number of carboxylic acid groups (broad SMARTS) is 1. The van der Waals surface area contributed by atoms with E-state index < -0.39 is 12.1 Å². The third-order valence-electron chi connectivity index (χ3n) is 3.00. The van der Waals surface area contributed by atoms with E-state index in [2.05, 4.69) is 25.2 Å². The summed E-state index contributed by atoms with van der Waals surface area (Å²) in [6, 6.07) is 0. The highest BCUT2D eigenvalue weighted by Gasteiger charge is 1.93. The number of carboxylic acids is 1. The number of allylic oxidation sites excluding steroid dienone is 8. The lowest BCUT2D eigenvalue weighted by molar-refractivity contribution is -0.137. The van der Waals surface area contributed by atoms with Crippen molar-refractivity contribution in [3.8, 4) is 0 Å². The lowest BCUT2D eigenvalue weighted by Gasteiger charge is -1.98. The van der Waals surface area contributed by atoms with E-state index in [1.807, 2.05) is 36.5 Å². The maximum Gasteiger partial charge on any atom is 0.303 e. The van der Waals surface area contributed by atoms with Crippen LogP contribution < -0.4 is 0 Å². The molecule has 0 spiro atoms. The van der Waals surface area contributed by atoms with Crippen LogP contribution in [0.1, 0.15) is 51.9 Å². The van der Waals surface area contributed by atoms with Gasteiger partial charge >= 0.3 is 5.97 Å². The lowest BCUT2D eigenvalue weighted by atomic mass is 10.2. The monoisotopic (exact) mass is 318 g/mol. The summed E-state index contributed by atoms with van der Waals surface area (Å²) >= 11 is 0. The Hall–Kier alpha value is -1.87. The largest absolute Gasteiger partial charge is 0.481 e. The first-order valence-electron chi connectivity index (χ1n) is 8.35. The number of carbonyl (C=O) groups is 1. The molecule has 0 saturated carbocycles. The molecule has 0 amide bonds. The van der Waals surface area contributed by atoms with Crippen LogP contribution in [0.4, 0.5) is 0 Å². The first-order chi connectivity index (χ1) is 11.2. The van der Waals surface area contributed by atoms with Gasteiger partial charge in [0.15, 0.2) is 0 Å². The molecule has 0 aliphatic rings. The molecule has 0 radical (unpaired) electrons. The molecule has 128 valence electrons. The zero-order chi connectivity index (χ0) is 17.2. The molecule has 3 nitrogen and oxygen atoms in total. The summed E-state index contributed by atoms with van der Waals surface area (Å²) in [6.07, 6.45) is 24.6. The van der Waals surface area contributed by atoms with E-state index in [1.54, 1.807) is 6.08 Å². The topological polar surface area (TPSA) is 57.5 Å². The molecule has 23 heavy (non-hydrogen) atoms. The second-order valence-electron chi connectivity index (χ2n) is 5.20. The van der Waals surface area contributed by atoms with Crippen molar-refractivity contribution in [3.05, 3.63) is 60.8 Å². The lowest BCUT2D eigenvalue weighted by Crippen LogP contribution is -1.98. The van der Waals surface area contributed by atoms with Crippen LogP contribution >= 0.6 is 0 Å². The molecule has 0 rings (SSSR count). The van der Waals surface area contributed by atoms with Gasteiger partial charge in [-0.3, -0.25) is 4.79 Å². The summed E-state index contributed by atoms with van der Waals surface area (Å²) in [4.78, 5) is 10.3. The summed E-state index contributed by atoms with van der Waals surface area (Å²) in [6.45, 7) is 2.11. The van der Waals surface area contributed by atoms with E-state index in [9.17, 15) is 9.90 Å². The van der Waals surface area contributed by atoms with E-state index in [-0.39, 0.29) is 6.42 Å². The maximum absolute atomic E-state index is 10.3. The minimum atomic E-state index is -0.741. The summed E-state index contributed by atoms with van der Waals surface area (Å²) in [5, 5.41) is 18.2. The molecule has 0 aromatic rings. The molecule has 0 aliphatic carbocycles. The molecule has 2 N–H and O–H groups in total. The van der Waals surface area contributed by atoms with Crippen LogP contribution in [0.25, 0.3) is 0 Å². The Balaban J connectivity index is 3.68. The Bertz CT molecular complexity index is 428. The summed E-state index contributed by atoms with van der Waals surface area (Å²) in [7, 11) is 0. The SMILES string of the molecule is CC/C=C/C/C=C\C[C@H](O)/C=C/C=C\C/C=C\CCCC(=O)O. The molecule has 0 aliphatic heterocycles. The number of hydrogen-bond donors (Lipinski definition) is 2. The predicted molar refractivity (Wildman–Crippen MR) is 97.3 cm³/mol. The smallest absolute Gasteiger partial charge is 0.303 e. The van der Waals surface area contributed by atoms with Gasteiger partial charge in [0.2, 0.25) is 0 Å². The van der Waals surface area contributed by atoms with Crippen LogP contribution in [-0.2, 0) is 4.79 Å². The molecule has 0 fully saturated rings. The van der Waals surface area contributed by atoms with Gasteiger partial charge in [-0.2, -0.15) is 0 Å². The highest BCUT2D eigenvalue weighted by Crippen LogP contribution is 2.00. The van der Waals surface area contributed by atoms with Crippen LogP contribution in [0, 0.1) is 0 Å². The van der Waals surface area contributed by atoms with Gasteiger partial charge in [0.1, 0.15) is 0 Å². The summed E-state index contributed by atoms with van der Waals surface area (Å²) in [5.74, 6) is -0.741. The fraction of sp³-hybridized carbons (Fsp3) is 0.450. The van der Waals surface area contributed by atoms with E-state index >= 15 is 0 Å². The average Bonchev–Trinajstić information content (AvgIpc) is 2.52. The van der Waals surface area contributed by atoms with Crippen molar-refractivity contribution < 1.29 is 15.0 Å². The number of unbranched alkanes of at least 4 members (excludes halogenated alkanes) is 1. The van der Waals surface area contributed by atoms with Gasteiger partial charge in [0, 0.05) is 6.42 Å². The predicted octanol–water partition coefficient (Wildman–Crippen LogP) is 4.96. The molecule has 1 atom stereocenters. The minimum absolute atomic E-state index is 0.226. The van der Waals surface area contributed by atoms with E-state index in [0.717, 1.165) is 25.7 Å². The normalized spacial score (nSPS) is 14.2. The van der Waals surface area contributed by atoms with Crippen molar-refractivity contribution in [1.82, 2.24) is 0 Å². The third kappa shape index (κ3) is 18.1. The molecule has 0 unspecified atom stereocenters. The number of hydrogen-bond acceptors (Lipinski definition) is 2. The van der Waals surface area contributed by atoms with Crippen molar-refractivity contribution in [2.75, 3.05) is 0 Å². The molecule has 0 bridgehead atoms. The number of aliphatic hydroxyl groups excluding tert-OH is 1. The molecule has 3 heteroatoms. The summed E-state index contributed by atoms with van der Waals surface area (Å²) < 4.78 is 0. The highest BCUT2D eigenvalue weighted by atomic mass is 16.4. The second-order valence-corrected chi connectivity index (χ2v) is 5.20. The first kappa shape index (κ1) is 21.1. The fourth-order valence-electron chi connectivity index (χ4n) is 1.77. The Kier molecular flexibility index (Phi) is 15.2. The van der Waals surface area contributed by atoms with Gasteiger partial charge < -0.3 is 10.2 Å². The van der Waals surface area contributed by atoms with E-state index in [4.69, 9.17) is 5.11 Å². The zero-order valence-corrected chi connectivity index (χ0v) is 14.1. The van der Waals surface area contributed by atoms with Gasteiger partial charge in [-0.05, 0) is 38.5 Å². The van der Waals surface area contributed by atoms with Crippen LogP contribution in [0.3, 0.4) is 0 Å². The van der Waals surface area contributed by atoms with Gasteiger partial charge in [-0.25, -0.2) is 0 Å². The Morgan fingerprint density at radius 1 is 0.957 bits per heavy atom. The molecule has 0 aromatic carbocycles. The van der Waals surface area contributed by atoms with Gasteiger partial charge in [0.05, 0.1) is 6.10 Å². The molecular weight excluding hydrogens is 288 g/mol. The minimum Gasteiger partial charge on any atom is -0.481 e. The molecular formula is C20H30O3. The van der Waals surface area contributed by atoms with Crippen molar-refractivity contribution in [2.24, 2.45) is 0 Å². The van der Waals surface area contributed by atoms with Gasteiger partial charge in [-0.15, -0.1) is 0 Å². The van der Waals surface area contributed by atoms with Crippen molar-refractivity contribution in [1.29, 1.82) is 0 Å². The summed E-state index contributed by atoms with van der Waals surface area (Å²) in [5.41, 5.74) is 0. The van der Waals surface area contributed by atoms with Crippen LogP contribution in [-0.4, -0.2) is 22.3 Å². The van der Waals surface area contributed by atoms with Crippen LogP contribution in [0.15, 0.2) is 60.8 Å². The molecule has 0 aromatic heterocycles. The Morgan fingerprint density at radius 3 is 2.39 bits per heavy atom. The van der Waals surface area contributed by atoms with Gasteiger partial charge in [-0.1, -0.05) is 67.7 Å². The number of aliphatic hydroxyl groups is 1.